The van der Waals surface area contributed by atoms with Gasteiger partial charge in [-0.2, -0.15) is 0 Å². The van der Waals surface area contributed by atoms with E-state index in [1.165, 1.54) is 0 Å². The molecule has 1 unspecified atom stereocenters. The van der Waals surface area contributed by atoms with E-state index in [1.807, 2.05) is 10.9 Å². The van der Waals surface area contributed by atoms with Gasteiger partial charge in [0.1, 0.15) is 0 Å². The van der Waals surface area contributed by atoms with E-state index in [-0.39, 0.29) is 0 Å². The number of halogens is 1. The van der Waals surface area contributed by atoms with Gasteiger partial charge in [0.05, 0.1) is 11.7 Å². The molecule has 0 bridgehead atoms. The Balaban J connectivity index is 2.43. The van der Waals surface area contributed by atoms with Crippen molar-refractivity contribution in [1.29, 1.82) is 0 Å². The third-order valence-corrected chi connectivity index (χ3v) is 2.58. The lowest BCUT2D eigenvalue weighted by molar-refractivity contribution is 0.178. The van der Waals surface area contributed by atoms with Crippen LogP contribution in [0, 0.1) is 0 Å². The summed E-state index contributed by atoms with van der Waals surface area (Å²) in [5.41, 5.74) is 1.01. The zero-order chi connectivity index (χ0) is 11.1. The van der Waals surface area contributed by atoms with Crippen LogP contribution in [-0.4, -0.2) is 34.6 Å². The lowest BCUT2D eigenvalue weighted by atomic mass is 10.2. The van der Waals surface area contributed by atoms with E-state index in [0.717, 1.165) is 31.6 Å². The molecule has 0 aliphatic carbocycles. The molecule has 0 aliphatic heterocycles. The molecule has 5 heteroatoms. The molecule has 1 rings (SSSR count). The van der Waals surface area contributed by atoms with Crippen molar-refractivity contribution < 1.29 is 4.74 Å². The Morgan fingerprint density at radius 1 is 1.60 bits per heavy atom. The van der Waals surface area contributed by atoms with Crippen LogP contribution in [0.2, 0.25) is 0 Å². The minimum Gasteiger partial charge on any atom is -0.385 e. The summed E-state index contributed by atoms with van der Waals surface area (Å²) in [5, 5.41) is 8.19. The van der Waals surface area contributed by atoms with E-state index in [9.17, 15) is 0 Å². The molecule has 0 saturated carbocycles. The largest absolute Gasteiger partial charge is 0.385 e. The highest BCUT2D eigenvalue weighted by molar-refractivity contribution is 6.17. The van der Waals surface area contributed by atoms with Crippen LogP contribution in [0.1, 0.15) is 31.5 Å². The molecule has 0 N–H and O–H groups in total. The van der Waals surface area contributed by atoms with Gasteiger partial charge in [-0.3, -0.25) is 0 Å². The molecule has 0 aromatic carbocycles. The minimum absolute atomic E-state index is 0.335. The fourth-order valence-corrected chi connectivity index (χ4v) is 1.45. The van der Waals surface area contributed by atoms with Gasteiger partial charge in [0, 0.05) is 25.8 Å². The Kier molecular flexibility index (Phi) is 5.65. The van der Waals surface area contributed by atoms with Gasteiger partial charge in [-0.25, -0.2) is 4.68 Å². The van der Waals surface area contributed by atoms with Crippen LogP contribution in [-0.2, 0) is 11.2 Å². The molecule has 4 nitrogen and oxygen atoms in total. The standard InChI is InChI=1S/C10H18ClN3O/c1-9(5-7-15-2)14-8-10(12-13-14)4-3-6-11/h8-9H,3-7H2,1-2H3. The summed E-state index contributed by atoms with van der Waals surface area (Å²) >= 11 is 5.62. The van der Waals surface area contributed by atoms with Crippen LogP contribution in [0.4, 0.5) is 0 Å². The predicted molar refractivity (Wildman–Crippen MR) is 60.3 cm³/mol. The van der Waals surface area contributed by atoms with Crippen LogP contribution >= 0.6 is 11.6 Å². The summed E-state index contributed by atoms with van der Waals surface area (Å²) in [7, 11) is 1.71. The zero-order valence-electron chi connectivity index (χ0n) is 9.32. The molecule has 0 aliphatic rings. The zero-order valence-corrected chi connectivity index (χ0v) is 10.1. The summed E-state index contributed by atoms with van der Waals surface area (Å²) in [4.78, 5) is 0. The van der Waals surface area contributed by atoms with E-state index in [1.54, 1.807) is 7.11 Å². The number of nitrogens with zero attached hydrogens (tertiary/aromatic N) is 3. The van der Waals surface area contributed by atoms with Gasteiger partial charge in [-0.1, -0.05) is 5.21 Å². The van der Waals surface area contributed by atoms with Crippen molar-refractivity contribution >= 4 is 11.6 Å². The van der Waals surface area contributed by atoms with Gasteiger partial charge >= 0.3 is 0 Å². The first-order chi connectivity index (χ1) is 7.27. The van der Waals surface area contributed by atoms with Gasteiger partial charge < -0.3 is 4.74 Å². The van der Waals surface area contributed by atoms with Crippen molar-refractivity contribution in [3.63, 3.8) is 0 Å². The third kappa shape index (κ3) is 4.18. The minimum atomic E-state index is 0.335. The highest BCUT2D eigenvalue weighted by Crippen LogP contribution is 2.10. The van der Waals surface area contributed by atoms with Crippen LogP contribution in [0.25, 0.3) is 0 Å². The smallest absolute Gasteiger partial charge is 0.0827 e. The molecule has 1 atom stereocenters. The Labute approximate surface area is 95.6 Å². The van der Waals surface area contributed by atoms with Gasteiger partial charge in [-0.15, -0.1) is 16.7 Å². The highest BCUT2D eigenvalue weighted by atomic mass is 35.5. The van der Waals surface area contributed by atoms with Crippen molar-refractivity contribution in [2.45, 2.75) is 32.2 Å². The number of methoxy groups -OCH3 is 1. The third-order valence-electron chi connectivity index (χ3n) is 2.32. The van der Waals surface area contributed by atoms with Crippen molar-refractivity contribution in [3.05, 3.63) is 11.9 Å². The summed E-state index contributed by atoms with van der Waals surface area (Å²) in [6, 6.07) is 0.335. The second-order valence-corrected chi connectivity index (χ2v) is 3.99. The molecule has 0 saturated heterocycles. The molecule has 15 heavy (non-hydrogen) atoms. The SMILES string of the molecule is COCCC(C)n1cc(CCCCl)nn1. The maximum Gasteiger partial charge on any atom is 0.0827 e. The van der Waals surface area contributed by atoms with E-state index in [4.69, 9.17) is 16.3 Å². The lowest BCUT2D eigenvalue weighted by Crippen LogP contribution is -2.08. The molecule has 0 fully saturated rings. The maximum atomic E-state index is 5.62. The van der Waals surface area contributed by atoms with E-state index in [2.05, 4.69) is 17.2 Å². The summed E-state index contributed by atoms with van der Waals surface area (Å²) < 4.78 is 6.92. The van der Waals surface area contributed by atoms with Crippen molar-refractivity contribution in [2.24, 2.45) is 0 Å². The summed E-state index contributed by atoms with van der Waals surface area (Å²) in [5.74, 6) is 0.673. The molecule has 0 radical (unpaired) electrons. The first kappa shape index (κ1) is 12.5. The quantitative estimate of drug-likeness (QED) is 0.675. The maximum absolute atomic E-state index is 5.62. The number of ether oxygens (including phenoxy) is 1. The number of aromatic nitrogens is 3. The molecule has 0 spiro atoms. The Morgan fingerprint density at radius 2 is 2.40 bits per heavy atom. The van der Waals surface area contributed by atoms with E-state index >= 15 is 0 Å². The normalized spacial score (nSPS) is 13.0. The molecule has 0 amide bonds. The summed E-state index contributed by atoms with van der Waals surface area (Å²) in [6.45, 7) is 2.86. The Morgan fingerprint density at radius 3 is 3.07 bits per heavy atom. The molecular formula is C10H18ClN3O. The number of alkyl halides is 1. The van der Waals surface area contributed by atoms with Gasteiger partial charge in [-0.05, 0) is 26.2 Å². The highest BCUT2D eigenvalue weighted by Gasteiger charge is 2.07. The van der Waals surface area contributed by atoms with Crippen LogP contribution in [0.3, 0.4) is 0 Å². The number of rotatable bonds is 7. The number of hydrogen-bond donors (Lipinski definition) is 0. The average Bonchev–Trinajstić information content (AvgIpc) is 2.71. The fraction of sp³-hybridized carbons (Fsp3) is 0.800. The second-order valence-electron chi connectivity index (χ2n) is 3.61. The molecule has 1 aromatic heterocycles. The predicted octanol–water partition coefficient (Wildman–Crippen LogP) is 2.05. The number of aryl methyl sites for hydroxylation is 1. The first-order valence-electron chi connectivity index (χ1n) is 5.23. The topological polar surface area (TPSA) is 39.9 Å². The van der Waals surface area contributed by atoms with Crippen molar-refractivity contribution in [3.8, 4) is 0 Å². The fourth-order valence-electron chi connectivity index (χ4n) is 1.31. The van der Waals surface area contributed by atoms with Crippen LogP contribution < -0.4 is 0 Å². The Hall–Kier alpha value is -0.610. The van der Waals surface area contributed by atoms with E-state index in [0.29, 0.717) is 11.9 Å². The lowest BCUT2D eigenvalue weighted by Gasteiger charge is -2.09. The molecular weight excluding hydrogens is 214 g/mol. The molecule has 1 aromatic rings. The average molecular weight is 232 g/mol. The molecule has 1 heterocycles. The van der Waals surface area contributed by atoms with Gasteiger partial charge in [0.2, 0.25) is 0 Å². The van der Waals surface area contributed by atoms with Gasteiger partial charge in [0.25, 0.3) is 0 Å². The van der Waals surface area contributed by atoms with Crippen LogP contribution in [0.5, 0.6) is 0 Å². The van der Waals surface area contributed by atoms with Crippen molar-refractivity contribution in [2.75, 3.05) is 19.6 Å². The second kappa shape index (κ2) is 6.80. The first-order valence-corrected chi connectivity index (χ1v) is 5.77. The van der Waals surface area contributed by atoms with E-state index < -0.39 is 0 Å². The van der Waals surface area contributed by atoms with Crippen LogP contribution in [0.15, 0.2) is 6.20 Å². The van der Waals surface area contributed by atoms with Gasteiger partial charge in [0.15, 0.2) is 0 Å². The monoisotopic (exact) mass is 231 g/mol. The Bertz CT molecular complexity index is 277. The van der Waals surface area contributed by atoms with Crippen molar-refractivity contribution in [1.82, 2.24) is 15.0 Å². The number of hydrogen-bond acceptors (Lipinski definition) is 3. The molecule has 86 valence electrons. The summed E-state index contributed by atoms with van der Waals surface area (Å²) in [6.07, 6.45) is 4.80.